The van der Waals surface area contributed by atoms with E-state index in [1.165, 1.54) is 6.07 Å². The summed E-state index contributed by atoms with van der Waals surface area (Å²) < 4.78 is 56.8. The van der Waals surface area contributed by atoms with E-state index in [1.54, 1.807) is 0 Å². The van der Waals surface area contributed by atoms with Gasteiger partial charge < -0.3 is 9.15 Å². The van der Waals surface area contributed by atoms with Crippen LogP contribution in [0, 0.1) is 0 Å². The third-order valence-corrected chi connectivity index (χ3v) is 1.83. The Bertz CT molecular complexity index is 497. The normalized spacial score (nSPS) is 11.6. The highest BCUT2D eigenvalue weighted by Gasteiger charge is 2.14. The van der Waals surface area contributed by atoms with Crippen LogP contribution in [0.15, 0.2) is 22.6 Å². The smallest absolute Gasteiger partial charge is 0.399 e. The molecule has 7 heteroatoms. The minimum Gasteiger partial charge on any atom is -0.409 e. The molecular formula is C9H5F4NO2. The summed E-state index contributed by atoms with van der Waals surface area (Å²) in [6.45, 7) is -3.07. The van der Waals surface area contributed by atoms with Gasteiger partial charge in [-0.25, -0.2) is 8.78 Å². The fourth-order valence-electron chi connectivity index (χ4n) is 1.18. The highest BCUT2D eigenvalue weighted by molar-refractivity contribution is 5.73. The van der Waals surface area contributed by atoms with Gasteiger partial charge in [-0.15, -0.1) is 0 Å². The van der Waals surface area contributed by atoms with Crippen molar-refractivity contribution in [2.24, 2.45) is 0 Å². The summed E-state index contributed by atoms with van der Waals surface area (Å²) in [5.41, 5.74) is -0.110. The number of benzene rings is 1. The van der Waals surface area contributed by atoms with Crippen LogP contribution in [0.5, 0.6) is 6.08 Å². The molecule has 0 aliphatic carbocycles. The molecule has 0 spiro atoms. The first-order valence-corrected chi connectivity index (χ1v) is 4.19. The molecule has 2 aromatic rings. The summed E-state index contributed by atoms with van der Waals surface area (Å²) >= 11 is 0. The molecule has 1 heterocycles. The van der Waals surface area contributed by atoms with Gasteiger partial charge in [-0.05, 0) is 12.1 Å². The summed E-state index contributed by atoms with van der Waals surface area (Å²) in [7, 11) is 0. The predicted molar refractivity (Wildman–Crippen MR) is 45.6 cm³/mol. The molecule has 0 bridgehead atoms. The lowest BCUT2D eigenvalue weighted by Gasteiger charge is -1.96. The van der Waals surface area contributed by atoms with Crippen molar-refractivity contribution in [2.75, 3.05) is 0 Å². The number of fused-ring (bicyclic) bond motifs is 1. The topological polar surface area (TPSA) is 35.3 Å². The third kappa shape index (κ3) is 2.07. The van der Waals surface area contributed by atoms with E-state index in [2.05, 4.69) is 9.72 Å². The van der Waals surface area contributed by atoms with Crippen molar-refractivity contribution in [3.63, 3.8) is 0 Å². The maximum atomic E-state index is 12.3. The van der Waals surface area contributed by atoms with Crippen LogP contribution in [0.25, 0.3) is 11.1 Å². The Morgan fingerprint density at radius 1 is 1.19 bits per heavy atom. The third-order valence-electron chi connectivity index (χ3n) is 1.83. The molecule has 16 heavy (non-hydrogen) atoms. The van der Waals surface area contributed by atoms with Crippen LogP contribution in [-0.2, 0) is 0 Å². The minimum atomic E-state index is -3.07. The fraction of sp³-hybridized carbons (Fsp3) is 0.222. The van der Waals surface area contributed by atoms with Gasteiger partial charge in [-0.1, -0.05) is 6.07 Å². The Morgan fingerprint density at radius 3 is 2.56 bits per heavy atom. The average Bonchev–Trinajstić information content (AvgIpc) is 2.56. The van der Waals surface area contributed by atoms with Gasteiger partial charge in [0.25, 0.3) is 6.43 Å². The van der Waals surface area contributed by atoms with Crippen molar-refractivity contribution < 1.29 is 26.7 Å². The largest absolute Gasteiger partial charge is 0.409 e. The Balaban J connectivity index is 2.38. The van der Waals surface area contributed by atoms with Crippen LogP contribution in [-0.4, -0.2) is 11.6 Å². The molecule has 0 amide bonds. The van der Waals surface area contributed by atoms with Crippen LogP contribution in [0.2, 0.25) is 0 Å². The van der Waals surface area contributed by atoms with E-state index in [0.717, 1.165) is 12.1 Å². The molecule has 0 fully saturated rings. The van der Waals surface area contributed by atoms with Gasteiger partial charge >= 0.3 is 12.7 Å². The zero-order valence-corrected chi connectivity index (χ0v) is 7.66. The van der Waals surface area contributed by atoms with Crippen molar-refractivity contribution in [2.45, 2.75) is 13.0 Å². The van der Waals surface area contributed by atoms with Crippen LogP contribution in [0.1, 0.15) is 12.0 Å². The van der Waals surface area contributed by atoms with Crippen molar-refractivity contribution in [1.29, 1.82) is 0 Å². The SMILES string of the molecule is FC(F)Oc1nc2ccc(C(F)F)cc2o1. The number of halogens is 4. The molecule has 0 aliphatic heterocycles. The highest BCUT2D eigenvalue weighted by Crippen LogP contribution is 2.26. The molecule has 0 saturated carbocycles. The summed E-state index contributed by atoms with van der Waals surface area (Å²) in [5.74, 6) is 0. The Kier molecular flexibility index (Phi) is 2.67. The first-order valence-electron chi connectivity index (χ1n) is 4.19. The zero-order valence-electron chi connectivity index (χ0n) is 7.66. The standard InChI is InChI=1S/C9H5F4NO2/c10-7(11)4-1-2-5-6(3-4)15-9(14-5)16-8(12)13/h1-3,7-8H. The number of ether oxygens (including phenoxy) is 1. The molecule has 0 atom stereocenters. The number of alkyl halides is 4. The molecule has 0 radical (unpaired) electrons. The maximum absolute atomic E-state index is 12.3. The van der Waals surface area contributed by atoms with Crippen LogP contribution in [0.3, 0.4) is 0 Å². The maximum Gasteiger partial charge on any atom is 0.399 e. The van der Waals surface area contributed by atoms with Crippen LogP contribution >= 0.6 is 0 Å². The number of oxazole rings is 1. The van der Waals surface area contributed by atoms with Gasteiger partial charge in [-0.2, -0.15) is 13.8 Å². The van der Waals surface area contributed by atoms with Gasteiger partial charge in [-0.3, -0.25) is 0 Å². The number of aromatic nitrogens is 1. The van der Waals surface area contributed by atoms with Gasteiger partial charge in [0, 0.05) is 5.56 Å². The van der Waals surface area contributed by atoms with Crippen LogP contribution < -0.4 is 4.74 Å². The van der Waals surface area contributed by atoms with E-state index < -0.39 is 19.1 Å². The van der Waals surface area contributed by atoms with E-state index in [9.17, 15) is 17.6 Å². The average molecular weight is 235 g/mol. The second-order valence-electron chi connectivity index (χ2n) is 2.89. The lowest BCUT2D eigenvalue weighted by molar-refractivity contribution is -0.0664. The Morgan fingerprint density at radius 2 is 1.94 bits per heavy atom. The molecule has 0 saturated heterocycles. The first-order chi connectivity index (χ1) is 7.56. The second kappa shape index (κ2) is 3.99. The first kappa shape index (κ1) is 10.7. The molecule has 0 aliphatic rings. The minimum absolute atomic E-state index is 0.0200. The molecule has 1 aromatic heterocycles. The molecule has 0 unspecified atom stereocenters. The molecular weight excluding hydrogens is 230 g/mol. The van der Waals surface area contributed by atoms with E-state index >= 15 is 0 Å². The van der Waals surface area contributed by atoms with Gasteiger partial charge in [0.2, 0.25) is 0 Å². The number of hydrogen-bond acceptors (Lipinski definition) is 3. The molecule has 86 valence electrons. The van der Waals surface area contributed by atoms with E-state index in [4.69, 9.17) is 4.42 Å². The van der Waals surface area contributed by atoms with Crippen molar-refractivity contribution >= 4 is 11.1 Å². The van der Waals surface area contributed by atoms with Crippen molar-refractivity contribution in [3.05, 3.63) is 23.8 Å². The summed E-state index contributed by atoms with van der Waals surface area (Å²) in [4.78, 5) is 3.54. The van der Waals surface area contributed by atoms with Crippen LogP contribution in [0.4, 0.5) is 17.6 Å². The van der Waals surface area contributed by atoms with Gasteiger partial charge in [0.05, 0.1) is 0 Å². The molecule has 3 nitrogen and oxygen atoms in total. The lowest BCUT2D eigenvalue weighted by Crippen LogP contribution is -2.01. The zero-order chi connectivity index (χ0) is 11.7. The Hall–Kier alpha value is -1.79. The highest BCUT2D eigenvalue weighted by atomic mass is 19.3. The fourth-order valence-corrected chi connectivity index (χ4v) is 1.18. The Labute approximate surface area is 86.6 Å². The number of nitrogens with zero attached hydrogens (tertiary/aromatic N) is 1. The quantitative estimate of drug-likeness (QED) is 0.765. The van der Waals surface area contributed by atoms with Crippen molar-refractivity contribution in [1.82, 2.24) is 4.98 Å². The monoisotopic (exact) mass is 235 g/mol. The van der Waals surface area contributed by atoms with Gasteiger partial charge in [0.15, 0.2) is 5.58 Å². The number of hydrogen-bond donors (Lipinski definition) is 0. The van der Waals surface area contributed by atoms with E-state index in [-0.39, 0.29) is 16.7 Å². The van der Waals surface area contributed by atoms with Gasteiger partial charge in [0.1, 0.15) is 5.52 Å². The lowest BCUT2D eigenvalue weighted by atomic mass is 10.2. The van der Waals surface area contributed by atoms with Crippen molar-refractivity contribution in [3.8, 4) is 6.08 Å². The predicted octanol–water partition coefficient (Wildman–Crippen LogP) is 3.37. The van der Waals surface area contributed by atoms with E-state index in [1.807, 2.05) is 0 Å². The summed E-state index contributed by atoms with van der Waals surface area (Å²) in [6, 6.07) is 3.42. The number of rotatable bonds is 3. The second-order valence-corrected chi connectivity index (χ2v) is 2.89. The molecule has 2 rings (SSSR count). The molecule has 0 N–H and O–H groups in total. The molecule has 1 aromatic carbocycles. The summed E-state index contributed by atoms with van der Waals surface area (Å²) in [5, 5.41) is 0. The summed E-state index contributed by atoms with van der Waals surface area (Å²) in [6.07, 6.45) is -3.30. The van der Waals surface area contributed by atoms with E-state index in [0.29, 0.717) is 0 Å².